The Bertz CT molecular complexity index is 1650. The number of hydrogen-bond donors (Lipinski definition) is 3. The van der Waals surface area contributed by atoms with E-state index in [0.29, 0.717) is 38.8 Å². The average Bonchev–Trinajstić information content (AvgIpc) is 3.45. The smallest absolute Gasteiger partial charge is 0.231 e. The lowest BCUT2D eigenvalue weighted by molar-refractivity contribution is -0.114. The van der Waals surface area contributed by atoms with Gasteiger partial charge in [-0.05, 0) is 56.2 Å². The van der Waals surface area contributed by atoms with Crippen LogP contribution in [0.4, 0.5) is 5.69 Å². The largest absolute Gasteiger partial charge is 0.432 e. The van der Waals surface area contributed by atoms with Crippen LogP contribution in [0.15, 0.2) is 58.0 Å². The molecule has 1 atom stereocenters. The van der Waals surface area contributed by atoms with E-state index in [1.54, 1.807) is 18.2 Å². The number of hydrogen-bond acceptors (Lipinski definition) is 7. The predicted octanol–water partition coefficient (Wildman–Crippen LogP) is 6.44. The van der Waals surface area contributed by atoms with Crippen LogP contribution in [0.3, 0.4) is 0 Å². The van der Waals surface area contributed by atoms with E-state index < -0.39 is 17.3 Å². The minimum absolute atomic E-state index is 0.113. The third-order valence-electron chi connectivity index (χ3n) is 6.61. The van der Waals surface area contributed by atoms with E-state index in [0.717, 1.165) is 16.8 Å². The molecule has 0 fully saturated rings. The Morgan fingerprint density at radius 3 is 2.41 bits per heavy atom. The molecule has 200 valence electrons. The molecule has 0 saturated carbocycles. The molecule has 0 radical (unpaired) electrons. The van der Waals surface area contributed by atoms with Crippen molar-refractivity contribution >= 4 is 57.4 Å². The standard InChI is InChI=1S/C29H26Cl2N4O4/c1-14-22(13-32-35-14)17-7-10-19(23(31)11-17)24-20(16-5-8-18(30)9-6-16)12-21-25(33-15(2)36)26(39-28(21)34-24)27(37)29(3,4)38/h5-12,22,32,38H,13H2,1-4H3,(H,33,36). The molecule has 0 saturated heterocycles. The van der Waals surface area contributed by atoms with Gasteiger partial charge in [-0.25, -0.2) is 4.98 Å². The van der Waals surface area contributed by atoms with Gasteiger partial charge in [-0.2, -0.15) is 5.10 Å². The Morgan fingerprint density at radius 1 is 1.10 bits per heavy atom. The van der Waals surface area contributed by atoms with Gasteiger partial charge in [0.1, 0.15) is 11.3 Å². The second-order valence-corrected chi connectivity index (χ2v) is 10.9. The average molecular weight is 565 g/mol. The second kappa shape index (κ2) is 10.1. The van der Waals surface area contributed by atoms with Gasteiger partial charge in [0.05, 0.1) is 16.1 Å². The molecule has 1 amide bonds. The first-order valence-electron chi connectivity index (χ1n) is 12.3. The van der Waals surface area contributed by atoms with Crippen molar-refractivity contribution in [3.63, 3.8) is 0 Å². The first-order chi connectivity index (χ1) is 18.4. The second-order valence-electron chi connectivity index (χ2n) is 10.0. The molecule has 4 aromatic rings. The molecule has 1 unspecified atom stereocenters. The highest BCUT2D eigenvalue weighted by molar-refractivity contribution is 6.33. The Balaban J connectivity index is 1.76. The lowest BCUT2D eigenvalue weighted by Crippen LogP contribution is -2.31. The normalized spacial score (nSPS) is 15.3. The number of nitrogens with one attached hydrogen (secondary N) is 2. The topological polar surface area (TPSA) is 117 Å². The SMILES string of the molecule is CC(=O)Nc1c(C(=O)C(C)(C)O)oc2nc(-c3ccc(C4CNN=C4C)cc3Cl)c(-c3ccc(Cl)cc3)cc12. The van der Waals surface area contributed by atoms with E-state index in [4.69, 9.17) is 32.6 Å². The summed E-state index contributed by atoms with van der Waals surface area (Å²) in [6.45, 7) is 6.69. The summed E-state index contributed by atoms with van der Waals surface area (Å²) >= 11 is 13.0. The van der Waals surface area contributed by atoms with E-state index in [2.05, 4.69) is 15.8 Å². The first kappa shape index (κ1) is 26.9. The van der Waals surface area contributed by atoms with Crippen molar-refractivity contribution in [3.8, 4) is 22.4 Å². The summed E-state index contributed by atoms with van der Waals surface area (Å²) in [6, 6.07) is 14.8. The van der Waals surface area contributed by atoms with E-state index >= 15 is 0 Å². The van der Waals surface area contributed by atoms with Crippen LogP contribution in [0.1, 0.15) is 49.7 Å². The summed E-state index contributed by atoms with van der Waals surface area (Å²) in [5.74, 6) is -1.17. The van der Waals surface area contributed by atoms with Crippen LogP contribution in [0.25, 0.3) is 33.5 Å². The third kappa shape index (κ3) is 5.15. The van der Waals surface area contributed by atoms with E-state index in [1.807, 2.05) is 37.3 Å². The van der Waals surface area contributed by atoms with E-state index in [-0.39, 0.29) is 23.1 Å². The van der Waals surface area contributed by atoms with Crippen molar-refractivity contribution in [2.45, 2.75) is 39.2 Å². The van der Waals surface area contributed by atoms with Crippen LogP contribution in [0.2, 0.25) is 10.0 Å². The molecule has 0 spiro atoms. The molecule has 2 aromatic heterocycles. The number of furan rings is 1. The van der Waals surface area contributed by atoms with E-state index in [1.165, 1.54) is 20.8 Å². The minimum Gasteiger partial charge on any atom is -0.432 e. The number of aromatic nitrogens is 1. The highest BCUT2D eigenvalue weighted by atomic mass is 35.5. The highest BCUT2D eigenvalue weighted by Crippen LogP contribution is 2.42. The fourth-order valence-corrected chi connectivity index (χ4v) is 5.01. The molecule has 3 N–H and O–H groups in total. The molecular formula is C29H26Cl2N4O4. The van der Waals surface area contributed by atoms with Gasteiger partial charge < -0.3 is 20.3 Å². The van der Waals surface area contributed by atoms with Gasteiger partial charge >= 0.3 is 0 Å². The van der Waals surface area contributed by atoms with Crippen molar-refractivity contribution in [2.75, 3.05) is 11.9 Å². The zero-order valence-corrected chi connectivity index (χ0v) is 23.2. The fraction of sp³-hybridized carbons (Fsp3) is 0.241. The third-order valence-corrected chi connectivity index (χ3v) is 7.17. The molecule has 1 aliphatic heterocycles. The lowest BCUT2D eigenvalue weighted by atomic mass is 9.92. The van der Waals surface area contributed by atoms with Crippen LogP contribution in [-0.4, -0.2) is 39.6 Å². The maximum absolute atomic E-state index is 13.1. The van der Waals surface area contributed by atoms with Crippen molar-refractivity contribution in [1.82, 2.24) is 10.4 Å². The summed E-state index contributed by atoms with van der Waals surface area (Å²) in [5.41, 5.74) is 6.17. The van der Waals surface area contributed by atoms with Crippen molar-refractivity contribution < 1.29 is 19.1 Å². The van der Waals surface area contributed by atoms with E-state index in [9.17, 15) is 14.7 Å². The molecule has 39 heavy (non-hydrogen) atoms. The number of benzene rings is 2. The minimum atomic E-state index is -1.74. The number of ketones is 1. The van der Waals surface area contributed by atoms with Gasteiger partial charge in [-0.1, -0.05) is 47.5 Å². The number of Topliss-reactive ketones (excluding diaryl/α,β-unsaturated/α-hetero) is 1. The van der Waals surface area contributed by atoms with Gasteiger partial charge in [-0.3, -0.25) is 9.59 Å². The highest BCUT2D eigenvalue weighted by Gasteiger charge is 2.33. The maximum atomic E-state index is 13.1. The Kier molecular flexibility index (Phi) is 6.97. The van der Waals surface area contributed by atoms with Crippen LogP contribution in [-0.2, 0) is 4.79 Å². The number of hydrazone groups is 1. The van der Waals surface area contributed by atoms with Crippen LogP contribution in [0.5, 0.6) is 0 Å². The number of fused-ring (bicyclic) bond motifs is 1. The number of rotatable bonds is 6. The molecule has 2 aromatic carbocycles. The number of carbonyl (C=O) groups is 2. The van der Waals surface area contributed by atoms with Crippen molar-refractivity contribution in [3.05, 3.63) is 69.9 Å². The summed E-state index contributed by atoms with van der Waals surface area (Å²) in [6.07, 6.45) is 0. The summed E-state index contributed by atoms with van der Waals surface area (Å²) in [4.78, 5) is 29.9. The molecule has 5 rings (SSSR count). The van der Waals surface area contributed by atoms with Crippen molar-refractivity contribution in [1.29, 1.82) is 0 Å². The molecule has 1 aliphatic rings. The number of amides is 1. The van der Waals surface area contributed by atoms with Gasteiger partial charge in [0, 0.05) is 41.2 Å². The molecule has 10 heteroatoms. The number of pyridine rings is 1. The van der Waals surface area contributed by atoms with Crippen LogP contribution >= 0.6 is 23.2 Å². The predicted molar refractivity (Wildman–Crippen MR) is 154 cm³/mol. The van der Waals surface area contributed by atoms with Gasteiger partial charge in [0.15, 0.2) is 5.76 Å². The number of halogens is 2. The van der Waals surface area contributed by atoms with Gasteiger partial charge in [-0.15, -0.1) is 0 Å². The Hall–Kier alpha value is -3.72. The number of anilines is 1. The van der Waals surface area contributed by atoms with Crippen LogP contribution in [0, 0.1) is 0 Å². The zero-order valence-electron chi connectivity index (χ0n) is 21.7. The number of aliphatic hydroxyl groups is 1. The van der Waals surface area contributed by atoms with Crippen molar-refractivity contribution in [2.24, 2.45) is 5.10 Å². The monoisotopic (exact) mass is 564 g/mol. The Morgan fingerprint density at radius 2 is 1.82 bits per heavy atom. The summed E-state index contributed by atoms with van der Waals surface area (Å²) in [5, 5.41) is 18.8. The fourth-order valence-electron chi connectivity index (χ4n) is 4.60. The first-order valence-corrected chi connectivity index (χ1v) is 13.0. The van der Waals surface area contributed by atoms with Gasteiger partial charge in [0.2, 0.25) is 17.4 Å². The van der Waals surface area contributed by atoms with Crippen LogP contribution < -0.4 is 10.7 Å². The molecule has 3 heterocycles. The number of nitrogens with zero attached hydrogens (tertiary/aromatic N) is 2. The number of carbonyl (C=O) groups excluding carboxylic acids is 2. The maximum Gasteiger partial charge on any atom is 0.231 e. The molecular weight excluding hydrogens is 539 g/mol. The summed E-state index contributed by atoms with van der Waals surface area (Å²) in [7, 11) is 0. The molecule has 8 nitrogen and oxygen atoms in total. The molecule has 0 bridgehead atoms. The van der Waals surface area contributed by atoms with Gasteiger partial charge in [0.25, 0.3) is 0 Å². The Labute approximate surface area is 235 Å². The molecule has 0 aliphatic carbocycles. The lowest BCUT2D eigenvalue weighted by Gasteiger charge is -2.15. The zero-order chi connectivity index (χ0) is 28.1. The quantitative estimate of drug-likeness (QED) is 0.232. The summed E-state index contributed by atoms with van der Waals surface area (Å²) < 4.78 is 5.90.